The first-order valence-corrected chi connectivity index (χ1v) is 9.60. The Morgan fingerprint density at radius 2 is 1.71 bits per heavy atom. The zero-order chi connectivity index (χ0) is 21.7. The molecule has 0 fully saturated rings. The Labute approximate surface area is 176 Å². The van der Waals surface area contributed by atoms with Crippen LogP contribution in [0.15, 0.2) is 86.9 Å². The first-order chi connectivity index (χ1) is 15.0. The molecular formula is C24H17NO6. The Morgan fingerprint density at radius 3 is 2.42 bits per heavy atom. The molecule has 31 heavy (non-hydrogen) atoms. The highest BCUT2D eigenvalue weighted by atomic mass is 16.4. The molecule has 2 N–H and O–H groups in total. The second-order valence-electron chi connectivity index (χ2n) is 7.25. The molecule has 4 aromatic rings. The molecule has 1 aliphatic heterocycles. The van der Waals surface area contributed by atoms with Gasteiger partial charge in [-0.3, -0.25) is 14.5 Å². The highest BCUT2D eigenvalue weighted by Crippen LogP contribution is 2.45. The number of carbonyl (C=O) groups is 2. The van der Waals surface area contributed by atoms with Gasteiger partial charge in [-0.15, -0.1) is 0 Å². The fourth-order valence-corrected chi connectivity index (χ4v) is 3.85. The SMILES string of the molecule is Cc1ccc(C2C(C(=O)c3cc4ccccc4o3)=C(O)C(=O)N2c2ccccc2O)o1. The smallest absolute Gasteiger partial charge is 0.294 e. The number of amides is 1. The summed E-state index contributed by atoms with van der Waals surface area (Å²) in [6, 6.07) is 17.1. The number of fused-ring (bicyclic) bond motifs is 1. The summed E-state index contributed by atoms with van der Waals surface area (Å²) in [5.41, 5.74) is 0.477. The Kier molecular flexibility index (Phi) is 4.18. The number of nitrogens with zero attached hydrogens (tertiary/aromatic N) is 1. The van der Waals surface area contributed by atoms with Gasteiger partial charge in [-0.2, -0.15) is 0 Å². The molecule has 0 saturated heterocycles. The van der Waals surface area contributed by atoms with Crippen LogP contribution in [0.3, 0.4) is 0 Å². The number of aliphatic hydroxyl groups excluding tert-OH is 1. The number of aromatic hydroxyl groups is 1. The molecule has 0 radical (unpaired) electrons. The fourth-order valence-electron chi connectivity index (χ4n) is 3.85. The van der Waals surface area contributed by atoms with Gasteiger partial charge in [0.15, 0.2) is 11.5 Å². The van der Waals surface area contributed by atoms with E-state index in [0.29, 0.717) is 11.3 Å². The highest BCUT2D eigenvalue weighted by molar-refractivity contribution is 6.20. The van der Waals surface area contributed by atoms with Gasteiger partial charge in [0.25, 0.3) is 5.91 Å². The number of hydrogen-bond donors (Lipinski definition) is 2. The molecule has 0 saturated carbocycles. The minimum Gasteiger partial charge on any atom is -0.506 e. The molecule has 1 amide bonds. The Bertz CT molecular complexity index is 1340. The van der Waals surface area contributed by atoms with Gasteiger partial charge in [0.2, 0.25) is 5.78 Å². The fraction of sp³-hybridized carbons (Fsp3) is 0.0833. The van der Waals surface area contributed by atoms with Crippen molar-refractivity contribution in [1.29, 1.82) is 0 Å². The summed E-state index contributed by atoms with van der Waals surface area (Å²) < 4.78 is 11.4. The molecule has 1 aliphatic rings. The largest absolute Gasteiger partial charge is 0.506 e. The van der Waals surface area contributed by atoms with Crippen LogP contribution in [0.1, 0.15) is 28.1 Å². The molecular weight excluding hydrogens is 398 g/mol. The molecule has 2 aromatic heterocycles. The third-order valence-electron chi connectivity index (χ3n) is 5.27. The summed E-state index contributed by atoms with van der Waals surface area (Å²) in [5, 5.41) is 21.8. The normalized spacial score (nSPS) is 16.5. The number of ketones is 1. The van der Waals surface area contributed by atoms with E-state index in [2.05, 4.69) is 0 Å². The van der Waals surface area contributed by atoms with Crippen molar-refractivity contribution in [3.63, 3.8) is 0 Å². The van der Waals surface area contributed by atoms with Crippen molar-refractivity contribution < 1.29 is 28.6 Å². The summed E-state index contributed by atoms with van der Waals surface area (Å²) in [6.07, 6.45) is 0. The number of aryl methyl sites for hydroxylation is 1. The predicted molar refractivity (Wildman–Crippen MR) is 112 cm³/mol. The van der Waals surface area contributed by atoms with Gasteiger partial charge in [0.1, 0.15) is 28.9 Å². The van der Waals surface area contributed by atoms with Gasteiger partial charge in [-0.1, -0.05) is 30.3 Å². The number of furan rings is 2. The third-order valence-corrected chi connectivity index (χ3v) is 5.27. The van der Waals surface area contributed by atoms with Crippen molar-refractivity contribution >= 4 is 28.3 Å². The lowest BCUT2D eigenvalue weighted by Gasteiger charge is -2.25. The molecule has 7 nitrogen and oxygen atoms in total. The average Bonchev–Trinajstić information content (AvgIpc) is 3.45. The van der Waals surface area contributed by atoms with Crippen molar-refractivity contribution in [2.45, 2.75) is 13.0 Å². The maximum absolute atomic E-state index is 13.4. The Balaban J connectivity index is 1.68. The molecule has 0 spiro atoms. The van der Waals surface area contributed by atoms with Gasteiger partial charge in [-0.25, -0.2) is 0 Å². The lowest BCUT2D eigenvalue weighted by atomic mass is 9.99. The van der Waals surface area contributed by atoms with Crippen molar-refractivity contribution in [1.82, 2.24) is 0 Å². The monoisotopic (exact) mass is 415 g/mol. The minimum absolute atomic E-state index is 0.0111. The lowest BCUT2D eigenvalue weighted by molar-refractivity contribution is -0.117. The quantitative estimate of drug-likeness (QED) is 0.463. The van der Waals surface area contributed by atoms with E-state index in [1.807, 2.05) is 6.07 Å². The van der Waals surface area contributed by atoms with E-state index in [-0.39, 0.29) is 28.5 Å². The van der Waals surface area contributed by atoms with Crippen molar-refractivity contribution in [2.24, 2.45) is 0 Å². The summed E-state index contributed by atoms with van der Waals surface area (Å²) in [6.45, 7) is 1.73. The van der Waals surface area contributed by atoms with E-state index in [1.165, 1.54) is 12.1 Å². The van der Waals surface area contributed by atoms with Crippen LogP contribution in [0.5, 0.6) is 5.75 Å². The van der Waals surface area contributed by atoms with Crippen molar-refractivity contribution in [3.8, 4) is 5.75 Å². The van der Waals surface area contributed by atoms with E-state index in [1.54, 1.807) is 55.5 Å². The average molecular weight is 415 g/mol. The van der Waals surface area contributed by atoms with Gasteiger partial charge in [-0.05, 0) is 43.3 Å². The summed E-state index contributed by atoms with van der Waals surface area (Å²) in [7, 11) is 0. The second kappa shape index (κ2) is 6.91. The van der Waals surface area contributed by atoms with E-state index >= 15 is 0 Å². The number of phenolic OH excluding ortho intramolecular Hbond substituents is 1. The van der Waals surface area contributed by atoms with Gasteiger partial charge in [0.05, 0.1) is 11.3 Å². The molecule has 1 unspecified atom stereocenters. The van der Waals surface area contributed by atoms with Gasteiger partial charge < -0.3 is 19.0 Å². The predicted octanol–water partition coefficient (Wildman–Crippen LogP) is 4.82. The topological polar surface area (TPSA) is 104 Å². The number of para-hydroxylation sites is 3. The van der Waals surface area contributed by atoms with E-state index in [4.69, 9.17) is 8.83 Å². The van der Waals surface area contributed by atoms with Crippen molar-refractivity contribution in [3.05, 3.63) is 95.3 Å². The van der Waals surface area contributed by atoms with Crippen LogP contribution >= 0.6 is 0 Å². The third kappa shape index (κ3) is 2.90. The number of rotatable bonds is 4. The van der Waals surface area contributed by atoms with Crippen LogP contribution < -0.4 is 4.90 Å². The standard InChI is InChI=1S/C24H17NO6/c1-13-10-11-18(30-13)21-20(22(27)19-12-14-6-2-5-9-17(14)31-19)23(28)24(29)25(21)15-7-3-4-8-16(15)26/h2-12,21,26,28H,1H3. The summed E-state index contributed by atoms with van der Waals surface area (Å²) in [5.74, 6) is -1.51. The number of anilines is 1. The lowest BCUT2D eigenvalue weighted by Crippen LogP contribution is -2.30. The van der Waals surface area contributed by atoms with E-state index in [9.17, 15) is 19.8 Å². The Morgan fingerprint density at radius 1 is 0.968 bits per heavy atom. The highest BCUT2D eigenvalue weighted by Gasteiger charge is 2.47. The minimum atomic E-state index is -1.07. The number of Topliss-reactive ketones (excluding diaryl/α,β-unsaturated/α-hetero) is 1. The molecule has 2 aromatic carbocycles. The van der Waals surface area contributed by atoms with Crippen LogP contribution in [0, 0.1) is 6.92 Å². The molecule has 3 heterocycles. The molecule has 154 valence electrons. The molecule has 0 aliphatic carbocycles. The summed E-state index contributed by atoms with van der Waals surface area (Å²) >= 11 is 0. The van der Waals surface area contributed by atoms with Crippen LogP contribution in [0.2, 0.25) is 0 Å². The first kappa shape index (κ1) is 18.7. The first-order valence-electron chi connectivity index (χ1n) is 9.60. The zero-order valence-corrected chi connectivity index (χ0v) is 16.4. The van der Waals surface area contributed by atoms with Gasteiger partial charge in [0, 0.05) is 5.39 Å². The van der Waals surface area contributed by atoms with Crippen molar-refractivity contribution in [2.75, 3.05) is 4.90 Å². The summed E-state index contributed by atoms with van der Waals surface area (Å²) in [4.78, 5) is 27.6. The molecule has 7 heteroatoms. The molecule has 1 atom stereocenters. The van der Waals surface area contributed by atoms with Crippen LogP contribution in [-0.2, 0) is 4.79 Å². The Hall–Kier alpha value is -4.26. The van der Waals surface area contributed by atoms with E-state index < -0.39 is 23.5 Å². The van der Waals surface area contributed by atoms with E-state index in [0.717, 1.165) is 10.3 Å². The number of carbonyl (C=O) groups excluding carboxylic acids is 2. The number of phenols is 1. The van der Waals surface area contributed by atoms with Gasteiger partial charge >= 0.3 is 0 Å². The maximum Gasteiger partial charge on any atom is 0.294 e. The van der Waals surface area contributed by atoms with Crippen LogP contribution in [0.4, 0.5) is 5.69 Å². The molecule has 5 rings (SSSR count). The van der Waals surface area contributed by atoms with Crippen LogP contribution in [-0.4, -0.2) is 21.9 Å². The molecule has 0 bridgehead atoms. The number of aliphatic hydroxyl groups is 1. The number of benzene rings is 2. The number of hydrogen-bond acceptors (Lipinski definition) is 6. The van der Waals surface area contributed by atoms with Crippen LogP contribution in [0.25, 0.3) is 11.0 Å². The maximum atomic E-state index is 13.4. The zero-order valence-electron chi connectivity index (χ0n) is 16.4. The second-order valence-corrected chi connectivity index (χ2v) is 7.25.